The van der Waals surface area contributed by atoms with E-state index in [0.29, 0.717) is 10.7 Å². The Morgan fingerprint density at radius 1 is 1.18 bits per heavy atom. The maximum Gasteiger partial charge on any atom is 0.433 e. The summed E-state index contributed by atoms with van der Waals surface area (Å²) in [5.41, 5.74) is -1.08. The van der Waals surface area contributed by atoms with E-state index in [1.165, 1.54) is 36.4 Å². The van der Waals surface area contributed by atoms with Crippen LogP contribution >= 0.6 is 11.6 Å². The van der Waals surface area contributed by atoms with Crippen LogP contribution in [0.1, 0.15) is 21.6 Å². The lowest BCUT2D eigenvalue weighted by Gasteiger charge is -2.10. The molecule has 2 N–H and O–H groups in total. The van der Waals surface area contributed by atoms with E-state index in [0.717, 1.165) is 6.07 Å². The molecule has 1 aromatic heterocycles. The Bertz CT molecular complexity index is 1030. The van der Waals surface area contributed by atoms with Crippen LogP contribution in [0.25, 0.3) is 0 Å². The average molecular weight is 414 g/mol. The molecule has 0 unspecified atom stereocenters. The zero-order valence-corrected chi connectivity index (χ0v) is 14.7. The molecule has 0 bridgehead atoms. The quantitative estimate of drug-likeness (QED) is 0.609. The maximum absolute atomic E-state index is 13.3. The number of nitrogens with one attached hydrogen (secondary N) is 1. The predicted octanol–water partition coefficient (Wildman–Crippen LogP) is 4.70. The second-order valence-corrected chi connectivity index (χ2v) is 6.25. The van der Waals surface area contributed by atoms with Crippen LogP contribution in [-0.2, 0) is 12.7 Å². The molecule has 0 aliphatic carbocycles. The predicted molar refractivity (Wildman–Crippen MR) is 93.8 cm³/mol. The molecule has 1 amide bonds. The third-order valence-corrected chi connectivity index (χ3v) is 3.97. The number of phenols is 1. The number of phenolic OH excluding ortho intramolecular Hbond substituents is 1. The van der Waals surface area contributed by atoms with E-state index in [2.05, 4.69) is 10.4 Å². The fraction of sp³-hybridized carbons (Fsp3) is 0.111. The first kappa shape index (κ1) is 19.7. The number of aromatic nitrogens is 2. The Kier molecular flexibility index (Phi) is 5.28. The Morgan fingerprint density at radius 3 is 2.61 bits per heavy atom. The van der Waals surface area contributed by atoms with Crippen molar-refractivity contribution < 1.29 is 27.5 Å². The van der Waals surface area contributed by atoms with E-state index in [-0.39, 0.29) is 28.5 Å². The van der Waals surface area contributed by atoms with Crippen LogP contribution in [0.4, 0.5) is 23.4 Å². The summed E-state index contributed by atoms with van der Waals surface area (Å²) in [4.78, 5) is 12.3. The fourth-order valence-corrected chi connectivity index (χ4v) is 2.68. The van der Waals surface area contributed by atoms with Gasteiger partial charge < -0.3 is 10.4 Å². The highest BCUT2D eigenvalue weighted by Gasteiger charge is 2.36. The molecule has 28 heavy (non-hydrogen) atoms. The summed E-state index contributed by atoms with van der Waals surface area (Å²) < 4.78 is 53.9. The van der Waals surface area contributed by atoms with Crippen LogP contribution < -0.4 is 5.32 Å². The molecule has 3 aromatic rings. The zero-order chi connectivity index (χ0) is 20.5. The molecular formula is C18H12ClF4N3O2. The highest BCUT2D eigenvalue weighted by molar-refractivity contribution is 6.31. The molecule has 0 saturated carbocycles. The minimum absolute atomic E-state index is 0.163. The largest absolute Gasteiger partial charge is 0.507 e. The highest BCUT2D eigenvalue weighted by Crippen LogP contribution is 2.32. The second-order valence-electron chi connectivity index (χ2n) is 5.82. The van der Waals surface area contributed by atoms with E-state index < -0.39 is 29.3 Å². The van der Waals surface area contributed by atoms with Gasteiger partial charge in [0, 0.05) is 11.1 Å². The van der Waals surface area contributed by atoms with Crippen LogP contribution in [0.15, 0.2) is 48.5 Å². The number of hydrogen-bond donors (Lipinski definition) is 2. The van der Waals surface area contributed by atoms with Crippen molar-refractivity contribution in [1.29, 1.82) is 0 Å². The topological polar surface area (TPSA) is 67.2 Å². The Morgan fingerprint density at radius 2 is 1.93 bits per heavy atom. The Hall–Kier alpha value is -3.07. The molecule has 0 aliphatic rings. The summed E-state index contributed by atoms with van der Waals surface area (Å²) in [5, 5.41) is 15.8. The molecule has 10 heteroatoms. The molecule has 0 atom stereocenters. The minimum atomic E-state index is -4.75. The summed E-state index contributed by atoms with van der Waals surface area (Å²) >= 11 is 5.77. The number of amides is 1. The van der Waals surface area contributed by atoms with Crippen LogP contribution in [-0.4, -0.2) is 20.8 Å². The van der Waals surface area contributed by atoms with Crippen molar-refractivity contribution in [1.82, 2.24) is 9.78 Å². The number of anilines is 1. The van der Waals surface area contributed by atoms with Crippen molar-refractivity contribution in [3.05, 3.63) is 76.2 Å². The second kappa shape index (κ2) is 7.51. The average Bonchev–Trinajstić information content (AvgIpc) is 2.99. The number of rotatable bonds is 4. The van der Waals surface area contributed by atoms with Gasteiger partial charge in [-0.15, -0.1) is 0 Å². The van der Waals surface area contributed by atoms with E-state index in [1.807, 2.05) is 0 Å². The number of halogens is 5. The van der Waals surface area contributed by atoms with Gasteiger partial charge in [0.25, 0.3) is 5.91 Å². The summed E-state index contributed by atoms with van der Waals surface area (Å²) in [6.07, 6.45) is -4.75. The minimum Gasteiger partial charge on any atom is -0.507 e. The number of benzene rings is 2. The van der Waals surface area contributed by atoms with Crippen molar-refractivity contribution in [2.45, 2.75) is 12.7 Å². The van der Waals surface area contributed by atoms with Crippen molar-refractivity contribution in [3.63, 3.8) is 0 Å². The molecule has 0 saturated heterocycles. The van der Waals surface area contributed by atoms with Gasteiger partial charge in [0.05, 0.1) is 12.1 Å². The van der Waals surface area contributed by atoms with Gasteiger partial charge in [0.15, 0.2) is 5.82 Å². The summed E-state index contributed by atoms with van der Waals surface area (Å²) in [7, 11) is 0. The number of carbonyl (C=O) groups is 1. The maximum atomic E-state index is 13.3. The van der Waals surface area contributed by atoms with Crippen molar-refractivity contribution in [3.8, 4) is 5.75 Å². The molecule has 3 rings (SSSR count). The molecule has 0 fully saturated rings. The molecule has 0 spiro atoms. The smallest absolute Gasteiger partial charge is 0.433 e. The van der Waals surface area contributed by atoms with Crippen LogP contribution in [0, 0.1) is 5.82 Å². The van der Waals surface area contributed by atoms with E-state index in [9.17, 15) is 27.5 Å². The first-order chi connectivity index (χ1) is 13.1. The lowest BCUT2D eigenvalue weighted by Crippen LogP contribution is -2.15. The van der Waals surface area contributed by atoms with Gasteiger partial charge in [0.1, 0.15) is 17.3 Å². The van der Waals surface area contributed by atoms with E-state index >= 15 is 0 Å². The van der Waals surface area contributed by atoms with E-state index in [1.54, 1.807) is 0 Å². The van der Waals surface area contributed by atoms with Gasteiger partial charge in [-0.3, -0.25) is 9.48 Å². The lowest BCUT2D eigenvalue weighted by molar-refractivity contribution is -0.144. The number of aromatic hydroxyl groups is 1. The third-order valence-electron chi connectivity index (χ3n) is 3.74. The van der Waals surface area contributed by atoms with Crippen LogP contribution in [0.5, 0.6) is 5.75 Å². The van der Waals surface area contributed by atoms with Crippen LogP contribution in [0.2, 0.25) is 5.02 Å². The number of alkyl halides is 3. The van der Waals surface area contributed by atoms with Gasteiger partial charge in [-0.25, -0.2) is 4.39 Å². The molecule has 146 valence electrons. The SMILES string of the molecule is O=C(Nc1cc(C(F)(F)F)n(Cc2cccc(F)c2)n1)c1cc(Cl)ccc1O. The molecule has 1 heterocycles. The lowest BCUT2D eigenvalue weighted by atomic mass is 10.2. The number of carbonyl (C=O) groups excluding carboxylic acids is 1. The Balaban J connectivity index is 1.91. The molecule has 5 nitrogen and oxygen atoms in total. The zero-order valence-electron chi connectivity index (χ0n) is 14.0. The number of nitrogens with zero attached hydrogens (tertiary/aromatic N) is 2. The molecular weight excluding hydrogens is 402 g/mol. The van der Waals surface area contributed by atoms with Crippen molar-refractivity contribution in [2.75, 3.05) is 5.32 Å². The summed E-state index contributed by atoms with van der Waals surface area (Å²) in [5.74, 6) is -2.25. The van der Waals surface area contributed by atoms with Gasteiger partial charge in [-0.2, -0.15) is 18.3 Å². The summed E-state index contributed by atoms with van der Waals surface area (Å²) in [6.45, 7) is -0.356. The van der Waals surface area contributed by atoms with Crippen LogP contribution in [0.3, 0.4) is 0 Å². The third kappa shape index (κ3) is 4.42. The first-order valence-corrected chi connectivity index (χ1v) is 8.20. The first-order valence-electron chi connectivity index (χ1n) is 7.83. The number of hydrogen-bond acceptors (Lipinski definition) is 3. The van der Waals surface area contributed by atoms with Crippen molar-refractivity contribution in [2.24, 2.45) is 0 Å². The van der Waals surface area contributed by atoms with E-state index in [4.69, 9.17) is 11.6 Å². The molecule has 2 aromatic carbocycles. The van der Waals surface area contributed by atoms with Gasteiger partial charge in [-0.05, 0) is 35.9 Å². The standard InChI is InChI=1S/C18H12ClF4N3O2/c19-11-4-5-14(27)13(7-11)17(28)24-16-8-15(18(21,22)23)26(25-16)9-10-2-1-3-12(20)6-10/h1-8,27H,9H2,(H,24,25,28). The Labute approximate surface area is 161 Å². The monoisotopic (exact) mass is 413 g/mol. The van der Waals surface area contributed by atoms with Gasteiger partial charge in [-0.1, -0.05) is 23.7 Å². The molecule has 0 aliphatic heterocycles. The van der Waals surface area contributed by atoms with Crippen molar-refractivity contribution >= 4 is 23.3 Å². The normalized spacial score (nSPS) is 11.5. The van der Waals surface area contributed by atoms with Gasteiger partial charge >= 0.3 is 6.18 Å². The highest BCUT2D eigenvalue weighted by atomic mass is 35.5. The molecule has 0 radical (unpaired) electrons. The summed E-state index contributed by atoms with van der Waals surface area (Å²) in [6, 6.07) is 9.42. The van der Waals surface area contributed by atoms with Gasteiger partial charge in [0.2, 0.25) is 0 Å². The fourth-order valence-electron chi connectivity index (χ4n) is 2.51.